The van der Waals surface area contributed by atoms with Gasteiger partial charge >= 0.3 is 0 Å². The number of para-hydroxylation sites is 2. The first kappa shape index (κ1) is 17.3. The second kappa shape index (κ2) is 10.1. The van der Waals surface area contributed by atoms with Crippen LogP contribution in [0.4, 0.5) is 5.69 Å². The fourth-order valence-electron chi connectivity index (χ4n) is 2.16. The third-order valence-corrected chi connectivity index (χ3v) is 3.40. The van der Waals surface area contributed by atoms with Gasteiger partial charge in [-0.2, -0.15) is 0 Å². The zero-order chi connectivity index (χ0) is 15.5. The molecular weight excluding hydrogens is 264 g/mol. The van der Waals surface area contributed by atoms with Crippen LogP contribution < -0.4 is 15.8 Å². The van der Waals surface area contributed by atoms with Crippen molar-refractivity contribution in [1.29, 1.82) is 0 Å². The van der Waals surface area contributed by atoms with Crippen LogP contribution in [0.2, 0.25) is 0 Å². The van der Waals surface area contributed by atoms with Gasteiger partial charge in [0.2, 0.25) is 5.91 Å². The molecule has 21 heavy (non-hydrogen) atoms. The van der Waals surface area contributed by atoms with Crippen molar-refractivity contribution in [2.24, 2.45) is 0 Å². The first-order valence-electron chi connectivity index (χ1n) is 7.90. The number of anilines is 1. The summed E-state index contributed by atoms with van der Waals surface area (Å²) in [5.41, 5.74) is 6.37. The molecule has 1 aromatic carbocycles. The molecule has 0 saturated heterocycles. The van der Waals surface area contributed by atoms with E-state index in [1.807, 2.05) is 18.2 Å². The average molecular weight is 292 g/mol. The molecule has 3 N–H and O–H groups in total. The monoisotopic (exact) mass is 292 g/mol. The highest BCUT2D eigenvalue weighted by Gasteiger charge is 2.07. The number of hydrogen-bond acceptors (Lipinski definition) is 3. The number of hydrogen-bond donors (Lipinski definition) is 2. The zero-order valence-electron chi connectivity index (χ0n) is 13.2. The number of carbonyl (C=O) groups excluding carboxylic acids is 1. The summed E-state index contributed by atoms with van der Waals surface area (Å²) in [4.78, 5) is 11.8. The molecule has 0 aromatic heterocycles. The van der Waals surface area contributed by atoms with Crippen molar-refractivity contribution in [3.05, 3.63) is 24.3 Å². The van der Waals surface area contributed by atoms with Crippen molar-refractivity contribution in [3.63, 3.8) is 0 Å². The Bertz CT molecular complexity index is 421. The summed E-state index contributed by atoms with van der Waals surface area (Å²) in [6.07, 6.45) is 6.32. The Morgan fingerprint density at radius 2 is 2.05 bits per heavy atom. The third kappa shape index (κ3) is 7.59. The van der Waals surface area contributed by atoms with Gasteiger partial charge in [-0.3, -0.25) is 4.79 Å². The number of carbonyl (C=O) groups is 1. The van der Waals surface area contributed by atoms with Crippen LogP contribution in [0.15, 0.2) is 24.3 Å². The van der Waals surface area contributed by atoms with Crippen LogP contribution in [0.3, 0.4) is 0 Å². The zero-order valence-corrected chi connectivity index (χ0v) is 13.2. The molecule has 4 heteroatoms. The number of nitrogen functional groups attached to an aromatic ring is 1. The van der Waals surface area contributed by atoms with Crippen molar-refractivity contribution >= 4 is 11.6 Å². The Labute approximate surface area is 128 Å². The first-order chi connectivity index (χ1) is 10.1. The molecule has 0 fully saturated rings. The van der Waals surface area contributed by atoms with Crippen LogP contribution >= 0.6 is 0 Å². The number of nitrogens with one attached hydrogen (secondary N) is 1. The fourth-order valence-corrected chi connectivity index (χ4v) is 2.16. The van der Waals surface area contributed by atoms with Gasteiger partial charge in [-0.25, -0.2) is 0 Å². The van der Waals surface area contributed by atoms with E-state index in [1.165, 1.54) is 25.7 Å². The quantitative estimate of drug-likeness (QED) is 0.512. The fraction of sp³-hybridized carbons (Fsp3) is 0.588. The molecule has 0 heterocycles. The van der Waals surface area contributed by atoms with Crippen LogP contribution in [0.5, 0.6) is 5.75 Å². The van der Waals surface area contributed by atoms with Gasteiger partial charge in [-0.1, -0.05) is 44.7 Å². The summed E-state index contributed by atoms with van der Waals surface area (Å²) in [7, 11) is 0. The molecule has 0 aliphatic carbocycles. The molecule has 0 bridgehead atoms. The smallest absolute Gasteiger partial charge is 0.223 e. The van der Waals surface area contributed by atoms with E-state index in [0.29, 0.717) is 24.5 Å². The van der Waals surface area contributed by atoms with Gasteiger partial charge in [-0.05, 0) is 25.5 Å². The summed E-state index contributed by atoms with van der Waals surface area (Å²) in [5.74, 6) is 0.672. The number of nitrogens with two attached hydrogens (primary N) is 1. The Hall–Kier alpha value is -1.71. The highest BCUT2D eigenvalue weighted by molar-refractivity contribution is 5.76. The Kier molecular flexibility index (Phi) is 8.32. The summed E-state index contributed by atoms with van der Waals surface area (Å²) in [5, 5.41) is 3.01. The van der Waals surface area contributed by atoms with E-state index in [2.05, 4.69) is 19.2 Å². The lowest BCUT2D eigenvalue weighted by molar-refractivity contribution is -0.122. The number of amides is 1. The molecule has 0 aliphatic heterocycles. The van der Waals surface area contributed by atoms with Gasteiger partial charge in [0.15, 0.2) is 0 Å². The standard InChI is InChI=1S/C17H28N2O2/c1-3-4-5-6-9-14(2)19-17(20)12-13-21-16-11-8-7-10-15(16)18/h7-8,10-11,14H,3-6,9,12-13,18H2,1-2H3,(H,19,20). The van der Waals surface area contributed by atoms with E-state index in [-0.39, 0.29) is 11.9 Å². The van der Waals surface area contributed by atoms with Crippen molar-refractivity contribution < 1.29 is 9.53 Å². The van der Waals surface area contributed by atoms with Gasteiger partial charge in [0.25, 0.3) is 0 Å². The van der Waals surface area contributed by atoms with Gasteiger partial charge in [0.1, 0.15) is 5.75 Å². The second-order valence-corrected chi connectivity index (χ2v) is 5.45. The number of ether oxygens (including phenoxy) is 1. The lowest BCUT2D eigenvalue weighted by atomic mass is 10.1. The highest BCUT2D eigenvalue weighted by atomic mass is 16.5. The molecule has 0 spiro atoms. The molecule has 1 rings (SSSR count). The van der Waals surface area contributed by atoms with Crippen LogP contribution in [0.1, 0.15) is 52.4 Å². The number of rotatable bonds is 10. The van der Waals surface area contributed by atoms with Gasteiger partial charge < -0.3 is 15.8 Å². The number of unbranched alkanes of at least 4 members (excludes halogenated alkanes) is 3. The van der Waals surface area contributed by atoms with Crippen LogP contribution in [-0.2, 0) is 4.79 Å². The summed E-state index contributed by atoms with van der Waals surface area (Å²) in [6, 6.07) is 7.55. The first-order valence-corrected chi connectivity index (χ1v) is 7.90. The van der Waals surface area contributed by atoms with Crippen molar-refractivity contribution in [2.45, 2.75) is 58.4 Å². The minimum absolute atomic E-state index is 0.0347. The number of benzene rings is 1. The maximum Gasteiger partial charge on any atom is 0.223 e. The molecule has 1 amide bonds. The predicted octanol–water partition coefficient (Wildman–Crippen LogP) is 3.51. The highest BCUT2D eigenvalue weighted by Crippen LogP contribution is 2.19. The largest absolute Gasteiger partial charge is 0.491 e. The average Bonchev–Trinajstić information content (AvgIpc) is 2.45. The minimum atomic E-state index is 0.0347. The molecule has 1 atom stereocenters. The molecule has 0 saturated carbocycles. The normalized spacial score (nSPS) is 11.9. The van der Waals surface area contributed by atoms with Gasteiger partial charge in [0.05, 0.1) is 18.7 Å². The van der Waals surface area contributed by atoms with Crippen LogP contribution in [0.25, 0.3) is 0 Å². The van der Waals surface area contributed by atoms with E-state index in [1.54, 1.807) is 6.07 Å². The molecule has 118 valence electrons. The maximum atomic E-state index is 11.8. The molecule has 1 unspecified atom stereocenters. The van der Waals surface area contributed by atoms with Crippen LogP contribution in [0, 0.1) is 0 Å². The lowest BCUT2D eigenvalue weighted by Crippen LogP contribution is -2.33. The van der Waals surface area contributed by atoms with Gasteiger partial charge in [0, 0.05) is 6.04 Å². The van der Waals surface area contributed by atoms with E-state index >= 15 is 0 Å². The van der Waals surface area contributed by atoms with Crippen LogP contribution in [-0.4, -0.2) is 18.6 Å². The molecule has 1 aromatic rings. The second-order valence-electron chi connectivity index (χ2n) is 5.45. The topological polar surface area (TPSA) is 64.3 Å². The van der Waals surface area contributed by atoms with E-state index in [4.69, 9.17) is 10.5 Å². The third-order valence-electron chi connectivity index (χ3n) is 3.40. The molecule has 0 aliphatic rings. The Morgan fingerprint density at radius 3 is 2.76 bits per heavy atom. The van der Waals surface area contributed by atoms with E-state index in [9.17, 15) is 4.79 Å². The predicted molar refractivity (Wildman–Crippen MR) is 87.3 cm³/mol. The minimum Gasteiger partial charge on any atom is -0.491 e. The summed E-state index contributed by atoms with van der Waals surface area (Å²) >= 11 is 0. The van der Waals surface area contributed by atoms with Crippen molar-refractivity contribution in [1.82, 2.24) is 5.32 Å². The van der Waals surface area contributed by atoms with E-state index in [0.717, 1.165) is 6.42 Å². The molecule has 0 radical (unpaired) electrons. The van der Waals surface area contributed by atoms with Gasteiger partial charge in [-0.15, -0.1) is 0 Å². The lowest BCUT2D eigenvalue weighted by Gasteiger charge is -2.14. The molecule has 4 nitrogen and oxygen atoms in total. The molecular formula is C17H28N2O2. The Morgan fingerprint density at radius 1 is 1.29 bits per heavy atom. The maximum absolute atomic E-state index is 11.8. The van der Waals surface area contributed by atoms with Crippen molar-refractivity contribution in [3.8, 4) is 5.75 Å². The summed E-state index contributed by atoms with van der Waals surface area (Å²) in [6.45, 7) is 4.60. The summed E-state index contributed by atoms with van der Waals surface area (Å²) < 4.78 is 5.52. The SMILES string of the molecule is CCCCCCC(C)NC(=O)CCOc1ccccc1N. The Balaban J connectivity index is 2.15. The van der Waals surface area contributed by atoms with E-state index < -0.39 is 0 Å². The van der Waals surface area contributed by atoms with Crippen molar-refractivity contribution in [2.75, 3.05) is 12.3 Å².